The largest absolute Gasteiger partial charge is 0.342 e. The van der Waals surface area contributed by atoms with Crippen LogP contribution in [-0.2, 0) is 14.4 Å². The van der Waals surface area contributed by atoms with Crippen molar-refractivity contribution < 1.29 is 14.4 Å². The quantitative estimate of drug-likeness (QED) is 0.666. The minimum absolute atomic E-state index is 0.0886. The molecule has 3 aliphatic rings. The Morgan fingerprint density at radius 2 is 1.85 bits per heavy atom. The summed E-state index contributed by atoms with van der Waals surface area (Å²) >= 11 is 0. The standard InChI is InChI=1S/C14H21N3O3/c18-10-15-4-6-16(7-5-15)14(20)11-8-13(19)17(9-11)12-2-1-3-12/h10-12H,1-9H2. The second-order valence-corrected chi connectivity index (χ2v) is 6.00. The number of rotatable bonds is 3. The Morgan fingerprint density at radius 3 is 2.40 bits per heavy atom. The van der Waals surface area contributed by atoms with Gasteiger partial charge in [0.05, 0.1) is 5.92 Å². The van der Waals surface area contributed by atoms with Crippen LogP contribution >= 0.6 is 0 Å². The highest BCUT2D eigenvalue weighted by atomic mass is 16.2. The number of hydrogen-bond donors (Lipinski definition) is 0. The monoisotopic (exact) mass is 279 g/mol. The van der Waals surface area contributed by atoms with Crippen LogP contribution in [0, 0.1) is 5.92 Å². The average molecular weight is 279 g/mol. The summed E-state index contributed by atoms with van der Waals surface area (Å²) in [5.41, 5.74) is 0. The van der Waals surface area contributed by atoms with Gasteiger partial charge in [0.15, 0.2) is 0 Å². The molecule has 1 unspecified atom stereocenters. The van der Waals surface area contributed by atoms with Crippen molar-refractivity contribution in [2.45, 2.75) is 31.7 Å². The van der Waals surface area contributed by atoms with Gasteiger partial charge in [-0.2, -0.15) is 0 Å². The normalized spacial score (nSPS) is 27.7. The lowest BCUT2D eigenvalue weighted by Gasteiger charge is -2.36. The lowest BCUT2D eigenvalue weighted by atomic mass is 9.92. The molecule has 3 fully saturated rings. The van der Waals surface area contributed by atoms with E-state index in [-0.39, 0.29) is 17.7 Å². The molecular weight excluding hydrogens is 258 g/mol. The Bertz CT molecular complexity index is 414. The SMILES string of the molecule is O=CN1CCN(C(=O)C2CC(=O)N(C3CCC3)C2)CC1. The predicted molar refractivity (Wildman–Crippen MR) is 71.7 cm³/mol. The molecular formula is C14H21N3O3. The van der Waals surface area contributed by atoms with E-state index in [1.807, 2.05) is 9.80 Å². The van der Waals surface area contributed by atoms with Crippen LogP contribution in [0.2, 0.25) is 0 Å². The van der Waals surface area contributed by atoms with E-state index < -0.39 is 0 Å². The molecule has 3 amide bonds. The molecule has 2 saturated heterocycles. The molecule has 110 valence electrons. The first-order valence-corrected chi connectivity index (χ1v) is 7.46. The molecule has 1 saturated carbocycles. The summed E-state index contributed by atoms with van der Waals surface area (Å²) in [6.45, 7) is 2.97. The molecule has 0 aromatic rings. The van der Waals surface area contributed by atoms with Crippen LogP contribution in [-0.4, -0.2) is 71.7 Å². The van der Waals surface area contributed by atoms with Gasteiger partial charge in [-0.05, 0) is 19.3 Å². The maximum absolute atomic E-state index is 12.5. The number of carbonyl (C=O) groups excluding carboxylic acids is 3. The van der Waals surface area contributed by atoms with E-state index in [1.165, 1.54) is 6.42 Å². The minimum Gasteiger partial charge on any atom is -0.342 e. The van der Waals surface area contributed by atoms with E-state index in [0.717, 1.165) is 19.3 Å². The first-order valence-electron chi connectivity index (χ1n) is 7.46. The summed E-state index contributed by atoms with van der Waals surface area (Å²) < 4.78 is 0. The van der Waals surface area contributed by atoms with Crippen molar-refractivity contribution in [1.82, 2.24) is 14.7 Å². The molecule has 2 heterocycles. The Balaban J connectivity index is 1.55. The van der Waals surface area contributed by atoms with E-state index in [0.29, 0.717) is 45.2 Å². The highest BCUT2D eigenvalue weighted by molar-refractivity contribution is 5.89. The Hall–Kier alpha value is -1.59. The molecule has 0 radical (unpaired) electrons. The van der Waals surface area contributed by atoms with Gasteiger partial charge < -0.3 is 14.7 Å². The third-order valence-corrected chi connectivity index (χ3v) is 4.80. The van der Waals surface area contributed by atoms with Crippen molar-refractivity contribution in [2.75, 3.05) is 32.7 Å². The molecule has 0 aromatic heterocycles. The van der Waals surface area contributed by atoms with Gasteiger partial charge in [0.1, 0.15) is 0 Å². The van der Waals surface area contributed by atoms with Crippen LogP contribution in [0.3, 0.4) is 0 Å². The van der Waals surface area contributed by atoms with Crippen LogP contribution in [0.25, 0.3) is 0 Å². The fourth-order valence-electron chi connectivity index (χ4n) is 3.25. The third kappa shape index (κ3) is 2.39. The molecule has 1 aliphatic carbocycles. The van der Waals surface area contributed by atoms with Crippen LogP contribution in [0.1, 0.15) is 25.7 Å². The van der Waals surface area contributed by atoms with Gasteiger partial charge in [-0.15, -0.1) is 0 Å². The average Bonchev–Trinajstić information content (AvgIpc) is 2.78. The molecule has 6 nitrogen and oxygen atoms in total. The van der Waals surface area contributed by atoms with E-state index >= 15 is 0 Å². The van der Waals surface area contributed by atoms with Gasteiger partial charge in [0.2, 0.25) is 18.2 Å². The van der Waals surface area contributed by atoms with Crippen molar-refractivity contribution >= 4 is 18.2 Å². The summed E-state index contributed by atoms with van der Waals surface area (Å²) in [6, 6.07) is 0.382. The van der Waals surface area contributed by atoms with Gasteiger partial charge >= 0.3 is 0 Å². The van der Waals surface area contributed by atoms with E-state index in [1.54, 1.807) is 4.90 Å². The second kappa shape index (κ2) is 5.42. The van der Waals surface area contributed by atoms with Crippen molar-refractivity contribution in [2.24, 2.45) is 5.92 Å². The summed E-state index contributed by atoms with van der Waals surface area (Å²) in [5, 5.41) is 0. The maximum atomic E-state index is 12.5. The number of nitrogens with zero attached hydrogens (tertiary/aromatic N) is 3. The van der Waals surface area contributed by atoms with Gasteiger partial charge in [-0.1, -0.05) is 0 Å². The lowest BCUT2D eigenvalue weighted by molar-refractivity contribution is -0.139. The molecule has 1 atom stereocenters. The smallest absolute Gasteiger partial charge is 0.228 e. The molecule has 0 aromatic carbocycles. The highest BCUT2D eigenvalue weighted by Gasteiger charge is 2.41. The van der Waals surface area contributed by atoms with Crippen LogP contribution in [0.15, 0.2) is 0 Å². The van der Waals surface area contributed by atoms with E-state index in [2.05, 4.69) is 0 Å². The lowest BCUT2D eigenvalue weighted by Crippen LogP contribution is -2.50. The fraction of sp³-hybridized carbons (Fsp3) is 0.786. The molecule has 2 aliphatic heterocycles. The second-order valence-electron chi connectivity index (χ2n) is 6.00. The topological polar surface area (TPSA) is 60.9 Å². The summed E-state index contributed by atoms with van der Waals surface area (Å²) in [5.74, 6) is 0.0520. The zero-order valence-electron chi connectivity index (χ0n) is 11.7. The molecule has 0 spiro atoms. The van der Waals surface area contributed by atoms with Crippen molar-refractivity contribution in [3.05, 3.63) is 0 Å². The van der Waals surface area contributed by atoms with Crippen molar-refractivity contribution in [1.29, 1.82) is 0 Å². The minimum atomic E-state index is -0.175. The highest BCUT2D eigenvalue weighted by Crippen LogP contribution is 2.31. The number of carbonyl (C=O) groups is 3. The molecule has 6 heteroatoms. The fourth-order valence-corrected chi connectivity index (χ4v) is 3.25. The predicted octanol–water partition coefficient (Wildman–Crippen LogP) is -0.312. The summed E-state index contributed by atoms with van der Waals surface area (Å²) in [7, 11) is 0. The first-order chi connectivity index (χ1) is 9.69. The number of hydrogen-bond acceptors (Lipinski definition) is 3. The van der Waals surface area contributed by atoms with Crippen molar-refractivity contribution in [3.63, 3.8) is 0 Å². The van der Waals surface area contributed by atoms with Gasteiger partial charge in [0, 0.05) is 45.2 Å². The first kappa shape index (κ1) is 13.4. The van der Waals surface area contributed by atoms with E-state index in [4.69, 9.17) is 0 Å². The summed E-state index contributed by atoms with van der Waals surface area (Å²) in [6.07, 6.45) is 4.57. The Labute approximate surface area is 118 Å². The number of likely N-dealkylation sites (tertiary alicyclic amines) is 1. The van der Waals surface area contributed by atoms with Gasteiger partial charge in [0.25, 0.3) is 0 Å². The van der Waals surface area contributed by atoms with Crippen LogP contribution in [0.5, 0.6) is 0 Å². The Kier molecular flexibility index (Phi) is 3.63. The third-order valence-electron chi connectivity index (χ3n) is 4.80. The zero-order valence-corrected chi connectivity index (χ0v) is 11.7. The van der Waals surface area contributed by atoms with E-state index in [9.17, 15) is 14.4 Å². The molecule has 3 rings (SSSR count). The summed E-state index contributed by atoms with van der Waals surface area (Å²) in [4.78, 5) is 40.5. The molecule has 0 bridgehead atoms. The van der Waals surface area contributed by atoms with Crippen LogP contribution in [0.4, 0.5) is 0 Å². The van der Waals surface area contributed by atoms with Crippen molar-refractivity contribution in [3.8, 4) is 0 Å². The van der Waals surface area contributed by atoms with Crippen LogP contribution < -0.4 is 0 Å². The zero-order chi connectivity index (χ0) is 14.1. The number of amides is 3. The molecule has 20 heavy (non-hydrogen) atoms. The number of piperazine rings is 1. The van der Waals surface area contributed by atoms with Gasteiger partial charge in [-0.3, -0.25) is 14.4 Å². The Morgan fingerprint density at radius 1 is 1.15 bits per heavy atom. The molecule has 0 N–H and O–H groups in total. The van der Waals surface area contributed by atoms with Gasteiger partial charge in [-0.25, -0.2) is 0 Å². The maximum Gasteiger partial charge on any atom is 0.228 e.